The molecule has 1 aromatic carbocycles. The first-order chi connectivity index (χ1) is 17.5. The van der Waals surface area contributed by atoms with E-state index in [0.717, 1.165) is 17.0 Å². The second-order valence-electron chi connectivity index (χ2n) is 8.42. The Morgan fingerprint density at radius 2 is 2.03 bits per heavy atom. The number of allylic oxidation sites excluding steroid dienone is 3. The minimum absolute atomic E-state index is 0.0360. The Balaban J connectivity index is 1.77. The number of nitrogens with one attached hydrogen (secondary N) is 1. The van der Waals surface area contributed by atoms with Gasteiger partial charge in [0.2, 0.25) is 5.78 Å². The number of hydrogen-bond donors (Lipinski definition) is 1. The van der Waals surface area contributed by atoms with Crippen LogP contribution in [0.25, 0.3) is 0 Å². The van der Waals surface area contributed by atoms with Gasteiger partial charge >= 0.3 is 6.80 Å². The molecular weight excluding hydrogens is 574 g/mol. The van der Waals surface area contributed by atoms with Crippen LogP contribution in [0.2, 0.25) is 10.0 Å². The van der Waals surface area contributed by atoms with Crippen molar-refractivity contribution in [3.8, 4) is 11.8 Å². The van der Waals surface area contributed by atoms with E-state index in [2.05, 4.69) is 11.4 Å². The lowest BCUT2D eigenvalue weighted by atomic mass is 9.87. The fourth-order valence-electron chi connectivity index (χ4n) is 3.94. The number of hydrogen-bond acceptors (Lipinski definition) is 8. The van der Waals surface area contributed by atoms with Gasteiger partial charge in [-0.25, -0.2) is 4.57 Å². The lowest BCUT2D eigenvalue weighted by Crippen LogP contribution is -2.40. The quantitative estimate of drug-likeness (QED) is 0.347. The lowest BCUT2D eigenvalue weighted by molar-refractivity contribution is -0.120. The second kappa shape index (κ2) is 11.4. The molecule has 0 spiro atoms. The number of nitrogens with zero attached hydrogens (tertiary/aromatic N) is 1. The van der Waals surface area contributed by atoms with E-state index in [4.69, 9.17) is 32.2 Å². The minimum atomic E-state index is -4.04. The molecule has 2 aliphatic carbocycles. The Bertz CT molecular complexity index is 1420. The molecule has 1 aromatic rings. The molecule has 0 bridgehead atoms. The Hall–Kier alpha value is -2.05. The molecule has 0 saturated carbocycles. The van der Waals surface area contributed by atoms with Crippen molar-refractivity contribution < 1.29 is 22.6 Å². The van der Waals surface area contributed by atoms with Crippen molar-refractivity contribution in [2.45, 2.75) is 32.4 Å². The smallest absolute Gasteiger partial charge is 0.415 e. The number of rotatable bonds is 8. The molecule has 4 unspecified atom stereocenters. The highest BCUT2D eigenvalue weighted by Gasteiger charge is 2.43. The van der Waals surface area contributed by atoms with Crippen LogP contribution in [0.4, 0.5) is 0 Å². The van der Waals surface area contributed by atoms with Crippen LogP contribution in [0.3, 0.4) is 0 Å². The number of fused-ring (bicyclic) bond motifs is 1. The number of benzene rings is 1. The molecule has 0 amide bonds. The van der Waals surface area contributed by atoms with E-state index in [1.54, 1.807) is 31.2 Å². The molecule has 0 saturated heterocycles. The molecule has 194 valence electrons. The molecule has 0 aromatic heterocycles. The maximum Gasteiger partial charge on any atom is 0.441 e. The molecule has 12 heteroatoms. The predicted octanol–water partition coefficient (Wildman–Crippen LogP) is 6.33. The third kappa shape index (κ3) is 6.01. The van der Waals surface area contributed by atoms with Gasteiger partial charge in [0.05, 0.1) is 38.4 Å². The average molecular weight is 597 g/mol. The molecule has 4 atom stereocenters. The summed E-state index contributed by atoms with van der Waals surface area (Å²) in [6, 6.07) is 4.95. The van der Waals surface area contributed by atoms with Gasteiger partial charge < -0.3 is 9.84 Å². The van der Waals surface area contributed by atoms with Gasteiger partial charge in [-0.3, -0.25) is 13.5 Å². The van der Waals surface area contributed by atoms with Gasteiger partial charge in [0.1, 0.15) is 0 Å². The topological polar surface area (TPSA) is 105 Å². The Morgan fingerprint density at radius 3 is 2.68 bits per heavy atom. The number of ketones is 1. The van der Waals surface area contributed by atoms with E-state index in [0.29, 0.717) is 39.6 Å². The molecule has 1 N–H and O–H groups in total. The van der Waals surface area contributed by atoms with Gasteiger partial charge in [0.25, 0.3) is 0 Å². The van der Waals surface area contributed by atoms with Crippen molar-refractivity contribution in [1.29, 1.82) is 5.26 Å². The summed E-state index contributed by atoms with van der Waals surface area (Å²) in [5, 5.41) is 13.2. The highest BCUT2D eigenvalue weighted by atomic mass is 35.5. The number of dihydropyridines is 1. The predicted molar refractivity (Wildman–Crippen MR) is 149 cm³/mol. The molecular formula is C25H23Cl2N2O5PS2. The van der Waals surface area contributed by atoms with Crippen molar-refractivity contribution in [3.63, 3.8) is 0 Å². The largest absolute Gasteiger partial charge is 0.441 e. The number of carbonyl (C=O) groups is 1. The monoisotopic (exact) mass is 596 g/mol. The van der Waals surface area contributed by atoms with Gasteiger partial charge in [-0.2, -0.15) is 5.26 Å². The fraction of sp³-hybridized carbons (Fsp3) is 0.280. The summed E-state index contributed by atoms with van der Waals surface area (Å²) in [7, 11) is -1.63. The third-order valence-corrected chi connectivity index (χ3v) is 10.9. The maximum absolute atomic E-state index is 14.1. The summed E-state index contributed by atoms with van der Waals surface area (Å²) in [4.78, 5) is 13.5. The number of nitriles is 1. The van der Waals surface area contributed by atoms with Crippen LogP contribution in [0.5, 0.6) is 5.75 Å². The summed E-state index contributed by atoms with van der Waals surface area (Å²) in [6.45, 7) is -0.416. The van der Waals surface area contributed by atoms with Crippen molar-refractivity contribution in [1.82, 2.24) is 5.32 Å². The molecule has 1 aliphatic heterocycles. The van der Waals surface area contributed by atoms with E-state index in [1.807, 2.05) is 13.0 Å². The molecule has 0 radical (unpaired) electrons. The zero-order chi connectivity index (χ0) is 26.9. The average Bonchev–Trinajstić information content (AvgIpc) is 2.85. The number of aryl methyl sites for hydroxylation is 1. The molecule has 3 aliphatic rings. The minimum Gasteiger partial charge on any atom is -0.415 e. The Morgan fingerprint density at radius 1 is 1.27 bits per heavy atom. The summed E-state index contributed by atoms with van der Waals surface area (Å²) in [5.74, 6) is -0.00565. The maximum atomic E-state index is 14.1. The number of carbonyl (C=O) groups excluding carboxylic acids is 1. The molecule has 7 nitrogen and oxygen atoms in total. The van der Waals surface area contributed by atoms with Crippen LogP contribution in [0.15, 0.2) is 69.8 Å². The van der Waals surface area contributed by atoms with Gasteiger partial charge in [0, 0.05) is 28.3 Å². The zero-order valence-corrected chi connectivity index (χ0v) is 24.2. The van der Waals surface area contributed by atoms with E-state index < -0.39 is 29.5 Å². The number of halogens is 2. The van der Waals surface area contributed by atoms with Crippen LogP contribution < -0.4 is 9.84 Å². The normalized spacial score (nSPS) is 22.9. The third-order valence-electron chi connectivity index (χ3n) is 5.66. The standard InChI is InChI=1S/C25H23Cl2N2O5PS2/c1-4-7-36-35(31,33-24-14(2)8-17(26)11-19(24)27)34-25-18-10-16-9-15(13-28)5-6-20(16)29-21(18)12-22(23(25)30)37(3)32/h5-6,8-12,20,25,29H,4,7H2,1-3H3. The van der Waals surface area contributed by atoms with E-state index >= 15 is 0 Å². The van der Waals surface area contributed by atoms with Gasteiger partial charge in [-0.05, 0) is 72.3 Å². The van der Waals surface area contributed by atoms with Crippen molar-refractivity contribution in [2.75, 3.05) is 12.0 Å². The van der Waals surface area contributed by atoms with Crippen molar-refractivity contribution in [3.05, 3.63) is 85.4 Å². The van der Waals surface area contributed by atoms with E-state index in [-0.39, 0.29) is 21.7 Å². The molecule has 1 heterocycles. The van der Waals surface area contributed by atoms with Crippen LogP contribution in [-0.4, -0.2) is 34.1 Å². The Labute approximate surface area is 232 Å². The van der Waals surface area contributed by atoms with Crippen LogP contribution >= 0.6 is 41.4 Å². The first-order valence-corrected chi connectivity index (χ1v) is 16.7. The lowest BCUT2D eigenvalue weighted by Gasteiger charge is -2.34. The summed E-state index contributed by atoms with van der Waals surface area (Å²) >= 11 is 13.4. The van der Waals surface area contributed by atoms with Crippen molar-refractivity contribution in [2.24, 2.45) is 0 Å². The molecule has 4 rings (SSSR count). The Kier molecular flexibility index (Phi) is 8.59. The fourth-order valence-corrected chi connectivity index (χ4v) is 8.84. The summed E-state index contributed by atoms with van der Waals surface area (Å²) in [5.41, 5.74) is 2.68. The van der Waals surface area contributed by atoms with Crippen LogP contribution in [0.1, 0.15) is 18.9 Å². The first-order valence-electron chi connectivity index (χ1n) is 11.2. The van der Waals surface area contributed by atoms with Gasteiger partial charge in [-0.1, -0.05) is 36.2 Å². The molecule has 0 fully saturated rings. The van der Waals surface area contributed by atoms with E-state index in [9.17, 15) is 18.8 Å². The van der Waals surface area contributed by atoms with Gasteiger partial charge in [0.15, 0.2) is 11.9 Å². The van der Waals surface area contributed by atoms with Crippen molar-refractivity contribution >= 4 is 58.0 Å². The number of Topliss-reactive ketones (excluding diaryl/α,β-unsaturated/α-hetero) is 1. The van der Waals surface area contributed by atoms with Crippen LogP contribution in [-0.2, 0) is 24.7 Å². The second-order valence-corrected chi connectivity index (χ2v) is 14.7. The summed E-state index contributed by atoms with van der Waals surface area (Å²) < 4.78 is 38.5. The van der Waals surface area contributed by atoms with Gasteiger partial charge in [-0.15, -0.1) is 0 Å². The first kappa shape index (κ1) is 28.0. The SMILES string of the molecule is CCCSP(=O)(Oc1c(C)cc(Cl)cc1Cl)OC1C(=O)C(S(C)=O)=CC2=C1C=C1C=C(C#N)C=CC1N2. The zero-order valence-electron chi connectivity index (χ0n) is 20.1. The van der Waals surface area contributed by atoms with E-state index in [1.165, 1.54) is 18.4 Å². The van der Waals surface area contributed by atoms with Crippen LogP contribution in [0, 0.1) is 18.3 Å². The highest BCUT2D eigenvalue weighted by Crippen LogP contribution is 2.63. The molecule has 37 heavy (non-hydrogen) atoms. The highest BCUT2D eigenvalue weighted by molar-refractivity contribution is 8.55. The summed E-state index contributed by atoms with van der Waals surface area (Å²) in [6.07, 6.45) is 9.22.